The van der Waals surface area contributed by atoms with E-state index in [1.807, 2.05) is 21.1 Å². The molecule has 0 aromatic carbocycles. The Bertz CT molecular complexity index is 31.3. The van der Waals surface area contributed by atoms with E-state index in [1.165, 1.54) is 6.42 Å². The van der Waals surface area contributed by atoms with Gasteiger partial charge >= 0.3 is 0 Å². The van der Waals surface area contributed by atoms with Crippen LogP contribution in [0, 0.1) is 0 Å². The van der Waals surface area contributed by atoms with E-state index in [4.69, 9.17) is 5.11 Å². The van der Waals surface area contributed by atoms with Crippen LogP contribution in [0.15, 0.2) is 0 Å². The van der Waals surface area contributed by atoms with E-state index in [1.54, 1.807) is 6.92 Å². The van der Waals surface area contributed by atoms with E-state index in [0.717, 1.165) is 6.54 Å². The van der Waals surface area contributed by atoms with E-state index < -0.39 is 0 Å². The van der Waals surface area contributed by atoms with E-state index in [9.17, 15) is 0 Å². The zero-order valence-electron chi connectivity index (χ0n) is 8.57. The molecule has 0 aliphatic rings. The van der Waals surface area contributed by atoms with Gasteiger partial charge in [-0.05, 0) is 41.0 Å². The monoisotopic (exact) mass is 164 g/mol. The summed E-state index contributed by atoms with van der Waals surface area (Å²) >= 11 is 0. The van der Waals surface area contributed by atoms with Gasteiger partial charge in [0.15, 0.2) is 0 Å². The Morgan fingerprint density at radius 3 is 1.36 bits per heavy atom. The topological polar surface area (TPSA) is 44.3 Å². The first kappa shape index (κ1) is 17.1. The van der Waals surface area contributed by atoms with Crippen LogP contribution in [0.1, 0.15) is 20.3 Å². The molecule has 0 atom stereocenters. The summed E-state index contributed by atoms with van der Waals surface area (Å²) in [4.78, 5) is 0. The Morgan fingerprint density at radius 2 is 1.36 bits per heavy atom. The van der Waals surface area contributed by atoms with E-state index in [-0.39, 0.29) is 6.61 Å². The van der Waals surface area contributed by atoms with Crippen LogP contribution >= 0.6 is 0 Å². The van der Waals surface area contributed by atoms with Crippen molar-refractivity contribution in [3.05, 3.63) is 0 Å². The minimum absolute atomic E-state index is 0.250. The fourth-order valence-corrected chi connectivity index (χ4v) is 0.250. The predicted molar refractivity (Wildman–Crippen MR) is 52.0 cm³/mol. The summed E-state index contributed by atoms with van der Waals surface area (Å²) in [5.74, 6) is 0. The number of rotatable bonds is 2. The van der Waals surface area contributed by atoms with Crippen molar-refractivity contribution in [3.63, 3.8) is 0 Å². The standard InChI is InChI=1S/C4H11N.C2H7N.C2H6O/c1-3-4-5-2;1-3-2;1-2-3/h5H,3-4H2,1-2H3;3H,1-2H3;3H,2H2,1H3. The van der Waals surface area contributed by atoms with Crippen LogP contribution in [-0.2, 0) is 0 Å². The second-order valence-corrected chi connectivity index (χ2v) is 1.92. The van der Waals surface area contributed by atoms with Gasteiger partial charge in [-0.25, -0.2) is 0 Å². The zero-order chi connectivity index (χ0) is 9.54. The molecule has 3 N–H and O–H groups in total. The third-order valence-corrected chi connectivity index (χ3v) is 0.500. The molecule has 3 heteroatoms. The Labute approximate surface area is 71.2 Å². The molecule has 11 heavy (non-hydrogen) atoms. The number of aliphatic hydroxyl groups excluding tert-OH is 1. The van der Waals surface area contributed by atoms with Crippen molar-refractivity contribution in [1.29, 1.82) is 0 Å². The van der Waals surface area contributed by atoms with Crippen molar-refractivity contribution in [2.75, 3.05) is 34.3 Å². The number of nitrogens with one attached hydrogen (secondary N) is 2. The summed E-state index contributed by atoms with van der Waals surface area (Å²) in [6.07, 6.45) is 1.23. The van der Waals surface area contributed by atoms with Crippen molar-refractivity contribution >= 4 is 0 Å². The number of aliphatic hydroxyl groups is 1. The lowest BCUT2D eigenvalue weighted by molar-refractivity contribution is 0.318. The highest BCUT2D eigenvalue weighted by Gasteiger charge is 1.64. The normalized spacial score (nSPS) is 7.09. The van der Waals surface area contributed by atoms with Crippen LogP contribution in [0.2, 0.25) is 0 Å². The summed E-state index contributed by atoms with van der Waals surface area (Å²) in [6.45, 7) is 5.22. The van der Waals surface area contributed by atoms with Crippen LogP contribution in [0.4, 0.5) is 0 Å². The van der Waals surface area contributed by atoms with Gasteiger partial charge in [-0.2, -0.15) is 0 Å². The second kappa shape index (κ2) is 32.7. The summed E-state index contributed by atoms with van der Waals surface area (Å²) in [5, 5.41) is 13.3. The van der Waals surface area contributed by atoms with Gasteiger partial charge in [-0.3, -0.25) is 0 Å². The molecule has 0 saturated heterocycles. The van der Waals surface area contributed by atoms with Crippen molar-refractivity contribution in [3.8, 4) is 0 Å². The summed E-state index contributed by atoms with van der Waals surface area (Å²) < 4.78 is 0. The molecule has 0 bridgehead atoms. The molecule has 72 valence electrons. The third kappa shape index (κ3) is 174. The average molecular weight is 164 g/mol. The minimum atomic E-state index is 0.250. The SMILES string of the molecule is CCCNC.CCO.CNC. The molecule has 0 radical (unpaired) electrons. The van der Waals surface area contributed by atoms with Gasteiger partial charge in [0.2, 0.25) is 0 Å². The van der Waals surface area contributed by atoms with Crippen LogP contribution in [0.3, 0.4) is 0 Å². The fourth-order valence-electron chi connectivity index (χ4n) is 0.250. The molecule has 0 fully saturated rings. The Hall–Kier alpha value is -0.120. The second-order valence-electron chi connectivity index (χ2n) is 1.92. The quantitative estimate of drug-likeness (QED) is 0.555. The molecule has 0 rings (SSSR count). The van der Waals surface area contributed by atoms with Gasteiger partial charge < -0.3 is 15.7 Å². The molecule has 3 nitrogen and oxygen atoms in total. The lowest BCUT2D eigenvalue weighted by Gasteiger charge is -1.84. The fraction of sp³-hybridized carbons (Fsp3) is 1.00. The van der Waals surface area contributed by atoms with Crippen molar-refractivity contribution in [2.45, 2.75) is 20.3 Å². The van der Waals surface area contributed by atoms with Crippen LogP contribution in [-0.4, -0.2) is 39.4 Å². The van der Waals surface area contributed by atoms with Gasteiger partial charge in [0, 0.05) is 6.61 Å². The summed E-state index contributed by atoms with van der Waals surface area (Å²) in [6, 6.07) is 0. The molecule has 0 unspecified atom stereocenters. The van der Waals surface area contributed by atoms with Gasteiger partial charge in [0.05, 0.1) is 0 Å². The molecular weight excluding hydrogens is 140 g/mol. The first-order valence-corrected chi connectivity index (χ1v) is 4.08. The van der Waals surface area contributed by atoms with Crippen molar-refractivity contribution < 1.29 is 5.11 Å². The Balaban J connectivity index is -0.0000000933. The smallest absolute Gasteiger partial charge is 0.0402 e. The maximum Gasteiger partial charge on any atom is 0.0402 e. The molecular formula is C8H24N2O. The molecule has 0 spiro atoms. The highest BCUT2D eigenvalue weighted by molar-refractivity contribution is 4.28. The lowest BCUT2D eigenvalue weighted by atomic mass is 10.5. The molecule has 0 amide bonds. The molecule has 0 heterocycles. The van der Waals surface area contributed by atoms with Crippen molar-refractivity contribution in [1.82, 2.24) is 10.6 Å². The first-order chi connectivity index (χ1) is 5.24. The molecule has 0 saturated carbocycles. The maximum atomic E-state index is 7.57. The van der Waals surface area contributed by atoms with Gasteiger partial charge in [-0.15, -0.1) is 0 Å². The zero-order valence-corrected chi connectivity index (χ0v) is 8.57. The van der Waals surface area contributed by atoms with Crippen LogP contribution in [0.25, 0.3) is 0 Å². The van der Waals surface area contributed by atoms with E-state index in [2.05, 4.69) is 17.6 Å². The van der Waals surface area contributed by atoms with Crippen LogP contribution < -0.4 is 10.6 Å². The van der Waals surface area contributed by atoms with Crippen molar-refractivity contribution in [2.24, 2.45) is 0 Å². The Kier molecular flexibility index (Phi) is 50.9. The Morgan fingerprint density at radius 1 is 1.09 bits per heavy atom. The molecule has 0 aliphatic carbocycles. The van der Waals surface area contributed by atoms with E-state index >= 15 is 0 Å². The molecule has 0 aliphatic heterocycles. The predicted octanol–water partition coefficient (Wildman–Crippen LogP) is 0.450. The number of hydrogen-bond acceptors (Lipinski definition) is 3. The highest BCUT2D eigenvalue weighted by atomic mass is 16.2. The highest BCUT2D eigenvalue weighted by Crippen LogP contribution is 1.62. The summed E-state index contributed by atoms with van der Waals surface area (Å²) in [7, 11) is 5.71. The molecule has 0 aromatic rings. The van der Waals surface area contributed by atoms with Gasteiger partial charge in [-0.1, -0.05) is 6.92 Å². The maximum absolute atomic E-state index is 7.57. The minimum Gasteiger partial charge on any atom is -0.397 e. The first-order valence-electron chi connectivity index (χ1n) is 4.08. The van der Waals surface area contributed by atoms with Gasteiger partial charge in [0.25, 0.3) is 0 Å². The lowest BCUT2D eigenvalue weighted by Crippen LogP contribution is -2.04. The summed E-state index contributed by atoms with van der Waals surface area (Å²) in [5.41, 5.74) is 0. The third-order valence-electron chi connectivity index (χ3n) is 0.500. The largest absolute Gasteiger partial charge is 0.397 e. The average Bonchev–Trinajstić information content (AvgIpc) is 1.92. The van der Waals surface area contributed by atoms with Crippen LogP contribution in [0.5, 0.6) is 0 Å². The number of hydrogen-bond donors (Lipinski definition) is 3. The van der Waals surface area contributed by atoms with Gasteiger partial charge in [0.1, 0.15) is 0 Å². The molecule has 0 aromatic heterocycles. The van der Waals surface area contributed by atoms with E-state index in [0.29, 0.717) is 0 Å².